The molecule has 3 N–H and O–H groups in total. The summed E-state index contributed by atoms with van der Waals surface area (Å²) in [5.41, 5.74) is 0. The third-order valence-corrected chi connectivity index (χ3v) is 8.51. The molecule has 0 rings (SSSR count). The van der Waals surface area contributed by atoms with Crippen molar-refractivity contribution in [1.82, 2.24) is 5.32 Å². The molecule has 0 spiro atoms. The molecule has 0 aromatic carbocycles. The summed E-state index contributed by atoms with van der Waals surface area (Å²) in [5, 5.41) is 22.8. The van der Waals surface area contributed by atoms with Crippen LogP contribution in [-0.4, -0.2) is 34.9 Å². The second-order valence-corrected chi connectivity index (χ2v) is 13.0. The van der Waals surface area contributed by atoms with Gasteiger partial charge in [0.1, 0.15) is 0 Å². The van der Waals surface area contributed by atoms with Gasteiger partial charge in [-0.2, -0.15) is 0 Å². The Morgan fingerprint density at radius 2 is 0.889 bits per heavy atom. The van der Waals surface area contributed by atoms with Gasteiger partial charge in [-0.1, -0.05) is 165 Å². The van der Waals surface area contributed by atoms with Crippen molar-refractivity contribution in [1.29, 1.82) is 0 Å². The Morgan fingerprint density at radius 1 is 0.511 bits per heavy atom. The monoisotopic (exact) mass is 630 g/mol. The van der Waals surface area contributed by atoms with Crippen molar-refractivity contribution in [3.8, 4) is 0 Å². The number of nitrogens with one attached hydrogen (secondary N) is 1. The molecule has 4 heteroatoms. The average molecular weight is 630 g/mol. The van der Waals surface area contributed by atoms with Crippen LogP contribution in [0.15, 0.2) is 48.6 Å². The number of hydrogen-bond acceptors (Lipinski definition) is 3. The highest BCUT2D eigenvalue weighted by Gasteiger charge is 2.17. The summed E-state index contributed by atoms with van der Waals surface area (Å²) in [4.78, 5) is 12.3. The largest absolute Gasteiger partial charge is 0.394 e. The van der Waals surface area contributed by atoms with Gasteiger partial charge in [0.05, 0.1) is 18.8 Å². The maximum atomic E-state index is 12.3. The summed E-state index contributed by atoms with van der Waals surface area (Å²) in [6, 6.07) is -0.644. The third kappa shape index (κ3) is 33.5. The smallest absolute Gasteiger partial charge is 0.220 e. The molecule has 1 amide bonds. The van der Waals surface area contributed by atoms with E-state index in [-0.39, 0.29) is 12.5 Å². The Labute approximate surface area is 280 Å². The van der Waals surface area contributed by atoms with Crippen molar-refractivity contribution in [2.75, 3.05) is 6.61 Å². The topological polar surface area (TPSA) is 69.6 Å². The molecule has 0 fully saturated rings. The van der Waals surface area contributed by atoms with Crippen LogP contribution in [0.3, 0.4) is 0 Å². The second kappa shape index (κ2) is 36.8. The first kappa shape index (κ1) is 43.4. The van der Waals surface area contributed by atoms with Gasteiger partial charge in [-0.3, -0.25) is 4.79 Å². The molecule has 0 radical (unpaired) electrons. The third-order valence-electron chi connectivity index (χ3n) is 8.51. The number of aliphatic hydroxyl groups is 2. The summed E-state index contributed by atoms with van der Waals surface area (Å²) in [6.45, 7) is 4.23. The first-order chi connectivity index (χ1) is 22.2. The van der Waals surface area contributed by atoms with E-state index < -0.39 is 12.1 Å². The fraction of sp³-hybridized carbons (Fsp3) is 0.780. The van der Waals surface area contributed by atoms with Gasteiger partial charge in [0, 0.05) is 6.42 Å². The fourth-order valence-corrected chi connectivity index (χ4v) is 5.48. The maximum absolute atomic E-state index is 12.3. The fourth-order valence-electron chi connectivity index (χ4n) is 5.48. The minimum absolute atomic E-state index is 0.0833. The molecule has 2 atom stereocenters. The van der Waals surface area contributed by atoms with E-state index in [1.165, 1.54) is 128 Å². The highest BCUT2D eigenvalue weighted by molar-refractivity contribution is 5.76. The maximum Gasteiger partial charge on any atom is 0.220 e. The summed E-state index contributed by atoms with van der Waals surface area (Å²) >= 11 is 0. The molecule has 0 aromatic rings. The van der Waals surface area contributed by atoms with Crippen LogP contribution in [0.4, 0.5) is 0 Å². The zero-order valence-corrected chi connectivity index (χ0v) is 29.9. The number of amides is 1. The lowest BCUT2D eigenvalue weighted by atomic mass is 10.0. The number of allylic oxidation sites excluding steroid dienone is 7. The number of unbranched alkanes of at least 4 members (excludes halogenated alkanes) is 21. The second-order valence-electron chi connectivity index (χ2n) is 13.0. The van der Waals surface area contributed by atoms with Crippen molar-refractivity contribution in [2.45, 2.75) is 199 Å². The van der Waals surface area contributed by atoms with E-state index in [0.717, 1.165) is 38.5 Å². The zero-order valence-electron chi connectivity index (χ0n) is 29.9. The molecule has 0 heterocycles. The Morgan fingerprint density at radius 3 is 1.36 bits per heavy atom. The molecule has 45 heavy (non-hydrogen) atoms. The van der Waals surface area contributed by atoms with Gasteiger partial charge >= 0.3 is 0 Å². The van der Waals surface area contributed by atoms with E-state index in [9.17, 15) is 15.0 Å². The molecule has 0 aliphatic rings. The Balaban J connectivity index is 3.62. The molecule has 262 valence electrons. The molecule has 0 aliphatic heterocycles. The first-order valence-electron chi connectivity index (χ1n) is 19.4. The van der Waals surface area contributed by atoms with Crippen molar-refractivity contribution < 1.29 is 15.0 Å². The van der Waals surface area contributed by atoms with E-state index >= 15 is 0 Å². The molecular weight excluding hydrogens is 554 g/mol. The lowest BCUT2D eigenvalue weighted by Crippen LogP contribution is -2.45. The number of rotatable bonds is 34. The highest BCUT2D eigenvalue weighted by atomic mass is 16.3. The van der Waals surface area contributed by atoms with Gasteiger partial charge in [-0.15, -0.1) is 0 Å². The van der Waals surface area contributed by atoms with Crippen molar-refractivity contribution in [3.05, 3.63) is 48.6 Å². The van der Waals surface area contributed by atoms with E-state index in [1.807, 2.05) is 6.08 Å². The Bertz CT molecular complexity index is 726. The van der Waals surface area contributed by atoms with Gasteiger partial charge in [0.25, 0.3) is 0 Å². The normalized spacial score (nSPS) is 13.6. The highest BCUT2D eigenvalue weighted by Crippen LogP contribution is 2.13. The number of carbonyl (C=O) groups excluding carboxylic acids is 1. The first-order valence-corrected chi connectivity index (χ1v) is 19.4. The average Bonchev–Trinajstić information content (AvgIpc) is 3.04. The quantitative estimate of drug-likeness (QED) is 0.0490. The van der Waals surface area contributed by atoms with E-state index in [2.05, 4.69) is 55.6 Å². The molecule has 0 saturated heterocycles. The summed E-state index contributed by atoms with van der Waals surface area (Å²) in [7, 11) is 0. The number of carbonyl (C=O) groups is 1. The molecule has 0 bridgehead atoms. The van der Waals surface area contributed by atoms with E-state index in [0.29, 0.717) is 6.42 Å². The number of hydrogen-bond donors (Lipinski definition) is 3. The Kier molecular flexibility index (Phi) is 35.5. The van der Waals surface area contributed by atoms with Crippen molar-refractivity contribution in [3.63, 3.8) is 0 Å². The van der Waals surface area contributed by atoms with Crippen LogP contribution in [0.2, 0.25) is 0 Å². The van der Waals surface area contributed by atoms with E-state index in [4.69, 9.17) is 0 Å². The van der Waals surface area contributed by atoms with Crippen LogP contribution in [0.1, 0.15) is 187 Å². The molecule has 0 aliphatic carbocycles. The van der Waals surface area contributed by atoms with Gasteiger partial charge in [-0.05, 0) is 64.2 Å². The summed E-state index contributed by atoms with van der Waals surface area (Å²) in [6.07, 6.45) is 49.2. The molecule has 4 nitrogen and oxygen atoms in total. The van der Waals surface area contributed by atoms with Gasteiger partial charge in [-0.25, -0.2) is 0 Å². The van der Waals surface area contributed by atoms with Crippen LogP contribution in [0, 0.1) is 0 Å². The predicted molar refractivity (Wildman–Crippen MR) is 198 cm³/mol. The molecule has 0 saturated carbocycles. The minimum atomic E-state index is -0.869. The minimum Gasteiger partial charge on any atom is -0.394 e. The van der Waals surface area contributed by atoms with Crippen LogP contribution < -0.4 is 5.32 Å². The molecular formula is C41H75NO3. The zero-order chi connectivity index (χ0) is 32.9. The van der Waals surface area contributed by atoms with Crippen LogP contribution >= 0.6 is 0 Å². The lowest BCUT2D eigenvalue weighted by molar-refractivity contribution is -0.123. The van der Waals surface area contributed by atoms with Crippen molar-refractivity contribution in [2.24, 2.45) is 0 Å². The van der Waals surface area contributed by atoms with Gasteiger partial charge < -0.3 is 15.5 Å². The molecule has 0 aromatic heterocycles. The molecule has 2 unspecified atom stereocenters. The SMILES string of the molecule is CCCC/C=C/CC/C=C/CC/C=C/C(O)C(CO)NC(=O)CCCCCCCCCCC/C=C\CCCCCCCCCC. The lowest BCUT2D eigenvalue weighted by Gasteiger charge is -2.19. The van der Waals surface area contributed by atoms with Crippen LogP contribution in [0.5, 0.6) is 0 Å². The van der Waals surface area contributed by atoms with E-state index in [1.54, 1.807) is 6.08 Å². The standard InChI is InChI=1S/C41H75NO3/c1-3-5-7-9-11-13-15-17-18-19-20-21-22-23-24-25-27-29-31-33-35-37-41(45)42-39(38-43)40(44)36-34-32-30-28-26-16-14-12-10-8-6-4-2/h10,12,19-20,26,28,34,36,39-40,43-44H,3-9,11,13-18,21-25,27,29-33,35,37-38H2,1-2H3,(H,42,45)/b12-10+,20-19-,28-26+,36-34+. The predicted octanol–water partition coefficient (Wildman–Crippen LogP) is 11.6. The van der Waals surface area contributed by atoms with Gasteiger partial charge in [0.15, 0.2) is 0 Å². The van der Waals surface area contributed by atoms with Crippen LogP contribution in [-0.2, 0) is 4.79 Å². The van der Waals surface area contributed by atoms with Crippen LogP contribution in [0.25, 0.3) is 0 Å². The summed E-state index contributed by atoms with van der Waals surface area (Å²) in [5.74, 6) is -0.0833. The Hall–Kier alpha value is -1.65. The van der Waals surface area contributed by atoms with Gasteiger partial charge in [0.2, 0.25) is 5.91 Å². The summed E-state index contributed by atoms with van der Waals surface area (Å²) < 4.78 is 0. The number of aliphatic hydroxyl groups excluding tert-OH is 2. The van der Waals surface area contributed by atoms with Crippen molar-refractivity contribution >= 4 is 5.91 Å².